The van der Waals surface area contributed by atoms with Gasteiger partial charge in [-0.3, -0.25) is 4.79 Å². The third kappa shape index (κ3) is 3.53. The van der Waals surface area contributed by atoms with Crippen molar-refractivity contribution in [1.29, 1.82) is 0 Å². The Hall–Kier alpha value is -1.75. The number of benzene rings is 1. The highest BCUT2D eigenvalue weighted by Gasteiger charge is 2.31. The SMILES string of the molecule is COc1ccc(OC2CCN(C(=O)C3CCCO3)CC2)cc1. The molecule has 0 radical (unpaired) electrons. The van der Waals surface area contributed by atoms with Gasteiger partial charge < -0.3 is 19.1 Å². The second-order valence-corrected chi connectivity index (χ2v) is 5.82. The van der Waals surface area contributed by atoms with Crippen molar-refractivity contribution in [3.05, 3.63) is 24.3 Å². The molecule has 5 heteroatoms. The Balaban J connectivity index is 1.47. The fourth-order valence-corrected chi connectivity index (χ4v) is 3.02. The van der Waals surface area contributed by atoms with Gasteiger partial charge in [-0.05, 0) is 37.1 Å². The topological polar surface area (TPSA) is 48.0 Å². The maximum absolute atomic E-state index is 12.3. The maximum atomic E-state index is 12.3. The molecule has 0 bridgehead atoms. The number of carbonyl (C=O) groups is 1. The van der Waals surface area contributed by atoms with Crippen LogP contribution in [-0.2, 0) is 9.53 Å². The van der Waals surface area contributed by atoms with Gasteiger partial charge in [-0.25, -0.2) is 0 Å². The summed E-state index contributed by atoms with van der Waals surface area (Å²) in [5, 5.41) is 0. The Morgan fingerprint density at radius 3 is 2.41 bits per heavy atom. The molecule has 0 N–H and O–H groups in total. The van der Waals surface area contributed by atoms with E-state index in [0.29, 0.717) is 6.61 Å². The molecule has 1 atom stereocenters. The van der Waals surface area contributed by atoms with E-state index in [1.807, 2.05) is 29.2 Å². The fourth-order valence-electron chi connectivity index (χ4n) is 3.02. The van der Waals surface area contributed by atoms with Crippen LogP contribution in [0.4, 0.5) is 0 Å². The standard InChI is InChI=1S/C17H23NO4/c1-20-13-4-6-14(7-5-13)22-15-8-10-18(11-9-15)17(19)16-3-2-12-21-16/h4-7,15-16H,2-3,8-12H2,1H3. The first-order valence-corrected chi connectivity index (χ1v) is 7.97. The highest BCUT2D eigenvalue weighted by molar-refractivity contribution is 5.81. The zero-order valence-electron chi connectivity index (χ0n) is 13.0. The quantitative estimate of drug-likeness (QED) is 0.856. The Morgan fingerprint density at radius 2 is 1.82 bits per heavy atom. The maximum Gasteiger partial charge on any atom is 0.251 e. The summed E-state index contributed by atoms with van der Waals surface area (Å²) >= 11 is 0. The zero-order chi connectivity index (χ0) is 15.4. The Bertz CT molecular complexity index is 488. The van der Waals surface area contributed by atoms with Crippen LogP contribution in [0.2, 0.25) is 0 Å². The van der Waals surface area contributed by atoms with Crippen LogP contribution in [-0.4, -0.2) is 49.8 Å². The summed E-state index contributed by atoms with van der Waals surface area (Å²) in [5.74, 6) is 1.83. The minimum atomic E-state index is -0.209. The van der Waals surface area contributed by atoms with Crippen LogP contribution >= 0.6 is 0 Å². The van der Waals surface area contributed by atoms with Crippen LogP contribution < -0.4 is 9.47 Å². The third-order valence-corrected chi connectivity index (χ3v) is 4.32. The fraction of sp³-hybridized carbons (Fsp3) is 0.588. The second-order valence-electron chi connectivity index (χ2n) is 5.82. The van der Waals surface area contributed by atoms with Crippen molar-refractivity contribution in [2.75, 3.05) is 26.8 Å². The molecule has 1 aromatic rings. The van der Waals surface area contributed by atoms with E-state index in [9.17, 15) is 4.79 Å². The first-order chi connectivity index (χ1) is 10.8. The largest absolute Gasteiger partial charge is 0.497 e. The lowest BCUT2D eigenvalue weighted by Gasteiger charge is -2.33. The van der Waals surface area contributed by atoms with Crippen molar-refractivity contribution < 1.29 is 19.0 Å². The number of nitrogens with zero attached hydrogens (tertiary/aromatic N) is 1. The number of ether oxygens (including phenoxy) is 3. The van der Waals surface area contributed by atoms with E-state index < -0.39 is 0 Å². The van der Waals surface area contributed by atoms with Crippen LogP contribution in [0.25, 0.3) is 0 Å². The van der Waals surface area contributed by atoms with Crippen LogP contribution in [0.15, 0.2) is 24.3 Å². The highest BCUT2D eigenvalue weighted by Crippen LogP contribution is 2.23. The number of hydrogen-bond acceptors (Lipinski definition) is 4. The molecule has 0 aromatic heterocycles. The third-order valence-electron chi connectivity index (χ3n) is 4.32. The van der Waals surface area contributed by atoms with Crippen molar-refractivity contribution in [3.63, 3.8) is 0 Å². The Labute approximate surface area is 131 Å². The first-order valence-electron chi connectivity index (χ1n) is 7.97. The van der Waals surface area contributed by atoms with Crippen LogP contribution in [0.1, 0.15) is 25.7 Å². The lowest BCUT2D eigenvalue weighted by molar-refractivity contribution is -0.142. The molecule has 2 fully saturated rings. The Kier molecular flexibility index (Phi) is 4.83. The molecule has 120 valence electrons. The minimum absolute atomic E-state index is 0.153. The van der Waals surface area contributed by atoms with E-state index in [4.69, 9.17) is 14.2 Å². The molecule has 1 amide bonds. The molecule has 1 aromatic carbocycles. The molecule has 3 rings (SSSR count). The average molecular weight is 305 g/mol. The number of piperidine rings is 1. The molecule has 2 saturated heterocycles. The number of amides is 1. The monoisotopic (exact) mass is 305 g/mol. The number of carbonyl (C=O) groups excluding carboxylic acids is 1. The van der Waals surface area contributed by atoms with Crippen LogP contribution in [0.3, 0.4) is 0 Å². The summed E-state index contributed by atoms with van der Waals surface area (Å²) in [7, 11) is 1.65. The summed E-state index contributed by atoms with van der Waals surface area (Å²) in [6.45, 7) is 2.21. The van der Waals surface area contributed by atoms with Gasteiger partial charge in [0.05, 0.1) is 7.11 Å². The van der Waals surface area contributed by atoms with E-state index in [2.05, 4.69) is 0 Å². The highest BCUT2D eigenvalue weighted by atomic mass is 16.5. The zero-order valence-corrected chi connectivity index (χ0v) is 13.0. The van der Waals surface area contributed by atoms with Crippen molar-refractivity contribution in [1.82, 2.24) is 4.90 Å². The van der Waals surface area contributed by atoms with Gasteiger partial charge in [0.1, 0.15) is 23.7 Å². The molecule has 0 saturated carbocycles. The Morgan fingerprint density at radius 1 is 1.14 bits per heavy atom. The van der Waals surface area contributed by atoms with Gasteiger partial charge in [0, 0.05) is 32.5 Å². The molecule has 1 unspecified atom stereocenters. The number of hydrogen-bond donors (Lipinski definition) is 0. The van der Waals surface area contributed by atoms with E-state index in [-0.39, 0.29) is 18.1 Å². The van der Waals surface area contributed by atoms with Gasteiger partial charge in [-0.1, -0.05) is 0 Å². The minimum Gasteiger partial charge on any atom is -0.497 e. The number of rotatable bonds is 4. The molecule has 2 aliphatic rings. The average Bonchev–Trinajstić information content (AvgIpc) is 3.10. The van der Waals surface area contributed by atoms with Gasteiger partial charge >= 0.3 is 0 Å². The molecule has 2 heterocycles. The van der Waals surface area contributed by atoms with Gasteiger partial charge in [-0.2, -0.15) is 0 Å². The molecule has 0 spiro atoms. The second kappa shape index (κ2) is 7.01. The van der Waals surface area contributed by atoms with Crippen molar-refractivity contribution in [2.45, 2.75) is 37.9 Å². The van der Waals surface area contributed by atoms with Crippen molar-refractivity contribution >= 4 is 5.91 Å². The predicted molar refractivity (Wildman–Crippen MR) is 82.2 cm³/mol. The summed E-state index contributed by atoms with van der Waals surface area (Å²) < 4.78 is 16.6. The molecular weight excluding hydrogens is 282 g/mol. The summed E-state index contributed by atoms with van der Waals surface area (Å²) in [6.07, 6.45) is 3.55. The molecule has 5 nitrogen and oxygen atoms in total. The van der Waals surface area contributed by atoms with Gasteiger partial charge in [0.25, 0.3) is 5.91 Å². The van der Waals surface area contributed by atoms with Crippen molar-refractivity contribution in [2.24, 2.45) is 0 Å². The smallest absolute Gasteiger partial charge is 0.251 e. The molecule has 0 aliphatic carbocycles. The van der Waals surface area contributed by atoms with E-state index in [1.54, 1.807) is 7.11 Å². The van der Waals surface area contributed by atoms with Crippen LogP contribution in [0.5, 0.6) is 11.5 Å². The normalized spacial score (nSPS) is 22.6. The lowest BCUT2D eigenvalue weighted by atomic mass is 10.1. The predicted octanol–water partition coefficient (Wildman–Crippen LogP) is 2.24. The number of likely N-dealkylation sites (tertiary alicyclic amines) is 1. The summed E-state index contributed by atoms with van der Waals surface area (Å²) in [6, 6.07) is 7.63. The molecule has 22 heavy (non-hydrogen) atoms. The molecular formula is C17H23NO4. The van der Waals surface area contributed by atoms with Gasteiger partial charge in [0.15, 0.2) is 0 Å². The first kappa shape index (κ1) is 15.2. The molecule has 2 aliphatic heterocycles. The number of methoxy groups -OCH3 is 1. The van der Waals surface area contributed by atoms with Crippen molar-refractivity contribution in [3.8, 4) is 11.5 Å². The van der Waals surface area contributed by atoms with E-state index >= 15 is 0 Å². The summed E-state index contributed by atoms with van der Waals surface area (Å²) in [5.41, 5.74) is 0. The summed E-state index contributed by atoms with van der Waals surface area (Å²) in [4.78, 5) is 14.2. The lowest BCUT2D eigenvalue weighted by Crippen LogP contribution is -2.45. The van der Waals surface area contributed by atoms with E-state index in [1.165, 1.54) is 0 Å². The van der Waals surface area contributed by atoms with Crippen LogP contribution in [0, 0.1) is 0 Å². The van der Waals surface area contributed by atoms with Gasteiger partial charge in [0.2, 0.25) is 0 Å². The van der Waals surface area contributed by atoms with E-state index in [0.717, 1.165) is 50.3 Å². The van der Waals surface area contributed by atoms with Gasteiger partial charge in [-0.15, -0.1) is 0 Å².